The van der Waals surface area contributed by atoms with E-state index in [2.05, 4.69) is 47.4 Å². The molecular weight excluding hydrogens is 404 g/mol. The predicted molar refractivity (Wildman–Crippen MR) is 124 cm³/mol. The zero-order valence-electron chi connectivity index (χ0n) is 18.6. The van der Waals surface area contributed by atoms with Crippen LogP contribution < -0.4 is 0 Å². The Morgan fingerprint density at radius 1 is 1.32 bits per heavy atom. The van der Waals surface area contributed by atoms with Gasteiger partial charge < -0.3 is 9.30 Å². The number of hydrogen-bond acceptors (Lipinski definition) is 5. The van der Waals surface area contributed by atoms with Gasteiger partial charge in [-0.15, -0.1) is 0 Å². The molecule has 0 aromatic carbocycles. The number of nitriles is 1. The quantitative estimate of drug-likeness (QED) is 0.268. The average Bonchev–Trinajstić information content (AvgIpc) is 3.34. The Morgan fingerprint density at radius 2 is 2.13 bits per heavy atom. The van der Waals surface area contributed by atoms with Crippen LogP contribution in [-0.4, -0.2) is 39.0 Å². The second-order valence-corrected chi connectivity index (χ2v) is 15.3. The summed E-state index contributed by atoms with van der Waals surface area (Å²) < 4.78 is 9.86. The fourth-order valence-electron chi connectivity index (χ4n) is 4.04. The molecule has 0 spiro atoms. The molecule has 0 amide bonds. The largest absolute Gasteiger partial charge is 0.361 e. The second kappa shape index (κ2) is 8.77. The highest BCUT2D eigenvalue weighted by atomic mass is 28.3. The number of rotatable bonds is 9. The summed E-state index contributed by atoms with van der Waals surface area (Å²) in [6.45, 7) is 12.3. The second-order valence-electron chi connectivity index (χ2n) is 9.65. The first-order valence-electron chi connectivity index (χ1n) is 10.8. The molecule has 3 aromatic rings. The van der Waals surface area contributed by atoms with Gasteiger partial charge in [-0.2, -0.15) is 10.4 Å². The predicted octanol–water partition coefficient (Wildman–Crippen LogP) is 5.03. The van der Waals surface area contributed by atoms with Crippen molar-refractivity contribution >= 4 is 19.1 Å². The van der Waals surface area contributed by atoms with Crippen molar-refractivity contribution in [3.05, 3.63) is 43.1 Å². The van der Waals surface area contributed by atoms with Gasteiger partial charge in [0.1, 0.15) is 18.7 Å². The maximum absolute atomic E-state index is 9.29. The van der Waals surface area contributed by atoms with E-state index in [1.807, 2.05) is 33.9 Å². The van der Waals surface area contributed by atoms with E-state index in [1.165, 1.54) is 5.57 Å². The van der Waals surface area contributed by atoms with Crippen LogP contribution in [0.25, 0.3) is 22.3 Å². The van der Waals surface area contributed by atoms with Gasteiger partial charge in [-0.25, -0.2) is 9.97 Å². The summed E-state index contributed by atoms with van der Waals surface area (Å²) in [5.41, 5.74) is 3.90. The van der Waals surface area contributed by atoms with Crippen LogP contribution >= 0.6 is 0 Å². The molecule has 3 aromatic heterocycles. The van der Waals surface area contributed by atoms with Crippen LogP contribution in [0, 0.1) is 17.2 Å². The number of ether oxygens (including phenoxy) is 1. The third-order valence-electron chi connectivity index (χ3n) is 5.94. The molecule has 1 atom stereocenters. The van der Waals surface area contributed by atoms with E-state index in [-0.39, 0.29) is 6.04 Å². The van der Waals surface area contributed by atoms with Crippen molar-refractivity contribution in [3.8, 4) is 17.3 Å². The minimum atomic E-state index is -1.10. The van der Waals surface area contributed by atoms with Crippen LogP contribution in [0.5, 0.6) is 0 Å². The van der Waals surface area contributed by atoms with Gasteiger partial charge >= 0.3 is 0 Å². The molecule has 0 bridgehead atoms. The number of hydrogen-bond donors (Lipinski definition) is 0. The van der Waals surface area contributed by atoms with Crippen molar-refractivity contribution in [2.75, 3.05) is 6.61 Å². The molecule has 162 valence electrons. The molecule has 0 N–H and O–H groups in total. The monoisotopic (exact) mass is 434 g/mol. The van der Waals surface area contributed by atoms with E-state index in [4.69, 9.17) is 4.74 Å². The summed E-state index contributed by atoms with van der Waals surface area (Å²) in [7, 11) is -1.10. The number of aromatic nitrogens is 5. The molecule has 0 aliphatic heterocycles. The third kappa shape index (κ3) is 4.78. The lowest BCUT2D eigenvalue weighted by molar-refractivity contribution is 0.0899. The lowest BCUT2D eigenvalue weighted by Crippen LogP contribution is -2.26. The standard InChI is InChI=1S/C23H30N6OSi/c1-17-11-18(12-17)21(5-7-24)29-14-19(13-27-29)22-20-6-8-28(23(20)26-15-25-22)16-30-9-10-31(2,3)4/h6,8,13-15,18,21H,1,5,9-12,16H2,2-4H3. The summed E-state index contributed by atoms with van der Waals surface area (Å²) in [5.74, 6) is 0.430. The summed E-state index contributed by atoms with van der Waals surface area (Å²) in [5, 5.41) is 14.8. The Bertz CT molecular complexity index is 1110. The zero-order chi connectivity index (χ0) is 22.0. The van der Waals surface area contributed by atoms with Crippen molar-refractivity contribution in [2.45, 2.75) is 57.7 Å². The van der Waals surface area contributed by atoms with Gasteiger partial charge in [0.2, 0.25) is 0 Å². The summed E-state index contributed by atoms with van der Waals surface area (Å²) >= 11 is 0. The topological polar surface area (TPSA) is 81.5 Å². The zero-order valence-corrected chi connectivity index (χ0v) is 19.6. The van der Waals surface area contributed by atoms with Crippen LogP contribution in [0.1, 0.15) is 25.3 Å². The molecule has 1 aliphatic carbocycles. The first-order valence-corrected chi connectivity index (χ1v) is 14.5. The molecule has 7 nitrogen and oxygen atoms in total. The molecule has 0 radical (unpaired) electrons. The fraction of sp³-hybridized carbons (Fsp3) is 0.478. The van der Waals surface area contributed by atoms with Gasteiger partial charge in [0.25, 0.3) is 0 Å². The summed E-state index contributed by atoms with van der Waals surface area (Å²) in [6.07, 6.45) is 9.83. The van der Waals surface area contributed by atoms with E-state index >= 15 is 0 Å². The Kier molecular flexibility index (Phi) is 6.07. The van der Waals surface area contributed by atoms with Crippen LogP contribution in [-0.2, 0) is 11.5 Å². The third-order valence-corrected chi connectivity index (χ3v) is 7.65. The molecule has 4 rings (SSSR count). The maximum Gasteiger partial charge on any atom is 0.145 e. The highest BCUT2D eigenvalue weighted by molar-refractivity contribution is 6.76. The first kappa shape index (κ1) is 21.5. The molecule has 1 saturated carbocycles. The molecule has 1 aliphatic rings. The SMILES string of the molecule is C=C1CC(C(CC#N)n2cc(-c3ncnc4c3ccn4COCC[Si](C)(C)C)cn2)C1. The van der Waals surface area contributed by atoms with E-state index in [0.717, 1.165) is 47.8 Å². The van der Waals surface area contributed by atoms with Gasteiger partial charge in [-0.05, 0) is 30.9 Å². The molecule has 3 heterocycles. The Balaban J connectivity index is 1.53. The number of fused-ring (bicyclic) bond motifs is 1. The van der Waals surface area contributed by atoms with Crippen LogP contribution in [0.2, 0.25) is 25.7 Å². The average molecular weight is 435 g/mol. The first-order chi connectivity index (χ1) is 14.9. The number of allylic oxidation sites excluding steroid dienone is 1. The normalized spacial score (nSPS) is 15.7. The van der Waals surface area contributed by atoms with Crippen LogP contribution in [0.15, 0.2) is 43.1 Å². The lowest BCUT2D eigenvalue weighted by Gasteiger charge is -2.34. The van der Waals surface area contributed by atoms with E-state index in [0.29, 0.717) is 19.1 Å². The van der Waals surface area contributed by atoms with Gasteiger partial charge in [0, 0.05) is 38.0 Å². The molecule has 1 fully saturated rings. The minimum absolute atomic E-state index is 0.0749. The van der Waals surface area contributed by atoms with E-state index in [1.54, 1.807) is 6.33 Å². The Hall–Kier alpha value is -2.76. The van der Waals surface area contributed by atoms with Crippen molar-refractivity contribution in [3.63, 3.8) is 0 Å². The summed E-state index contributed by atoms with van der Waals surface area (Å²) in [4.78, 5) is 9.02. The molecular formula is C23H30N6OSi. The fourth-order valence-corrected chi connectivity index (χ4v) is 4.80. The van der Waals surface area contributed by atoms with Crippen LogP contribution in [0.3, 0.4) is 0 Å². The summed E-state index contributed by atoms with van der Waals surface area (Å²) in [6, 6.07) is 5.57. The van der Waals surface area contributed by atoms with Gasteiger partial charge in [0.15, 0.2) is 0 Å². The molecule has 0 saturated heterocycles. The van der Waals surface area contributed by atoms with Crippen LogP contribution in [0.4, 0.5) is 0 Å². The molecule has 31 heavy (non-hydrogen) atoms. The Labute approximate surface area is 184 Å². The van der Waals surface area contributed by atoms with Crippen molar-refractivity contribution in [1.29, 1.82) is 5.26 Å². The highest BCUT2D eigenvalue weighted by Crippen LogP contribution is 2.41. The molecule has 1 unspecified atom stereocenters. The van der Waals surface area contributed by atoms with Gasteiger partial charge in [-0.3, -0.25) is 4.68 Å². The minimum Gasteiger partial charge on any atom is -0.361 e. The molecule has 8 heteroatoms. The van der Waals surface area contributed by atoms with Gasteiger partial charge in [-0.1, -0.05) is 31.8 Å². The number of nitrogens with zero attached hydrogens (tertiary/aromatic N) is 6. The van der Waals surface area contributed by atoms with Crippen molar-refractivity contribution in [1.82, 2.24) is 24.3 Å². The highest BCUT2D eigenvalue weighted by Gasteiger charge is 2.31. The Morgan fingerprint density at radius 3 is 2.84 bits per heavy atom. The van der Waals surface area contributed by atoms with E-state index < -0.39 is 8.07 Å². The van der Waals surface area contributed by atoms with Gasteiger partial charge in [0.05, 0.1) is 30.4 Å². The lowest BCUT2D eigenvalue weighted by atomic mass is 9.75. The maximum atomic E-state index is 9.29. The van der Waals surface area contributed by atoms with Crippen molar-refractivity contribution in [2.24, 2.45) is 5.92 Å². The van der Waals surface area contributed by atoms with E-state index in [9.17, 15) is 5.26 Å². The smallest absolute Gasteiger partial charge is 0.145 e. The van der Waals surface area contributed by atoms with Crippen molar-refractivity contribution < 1.29 is 4.74 Å².